The summed E-state index contributed by atoms with van der Waals surface area (Å²) in [5.41, 5.74) is 6.10. The Morgan fingerprint density at radius 3 is 2.30 bits per heavy atom. The minimum absolute atomic E-state index is 0.00523. The number of anilines is 3. The van der Waals surface area contributed by atoms with Gasteiger partial charge in [-0.05, 0) is 24.3 Å². The van der Waals surface area contributed by atoms with Crippen molar-refractivity contribution in [3.63, 3.8) is 0 Å². The average molecular weight is 316 g/mol. The van der Waals surface area contributed by atoms with Gasteiger partial charge in [0.2, 0.25) is 0 Å². The van der Waals surface area contributed by atoms with Gasteiger partial charge in [0.05, 0.1) is 20.7 Å². The molecule has 0 saturated heterocycles. The lowest BCUT2D eigenvalue weighted by Gasteiger charge is -2.11. The molecule has 0 aliphatic carbocycles. The van der Waals surface area contributed by atoms with Gasteiger partial charge >= 0.3 is 0 Å². The van der Waals surface area contributed by atoms with Crippen LogP contribution in [-0.4, -0.2) is 4.92 Å². The highest BCUT2D eigenvalue weighted by Gasteiger charge is 2.13. The first-order valence-corrected chi connectivity index (χ1v) is 6.09. The molecule has 2 aromatic rings. The number of nitro benzene ring substituents is 1. The van der Waals surface area contributed by atoms with Crippen molar-refractivity contribution in [2.45, 2.75) is 0 Å². The highest BCUT2D eigenvalue weighted by molar-refractivity contribution is 6.39. The van der Waals surface area contributed by atoms with Crippen molar-refractivity contribution in [3.05, 3.63) is 56.3 Å². The first-order valence-electron chi connectivity index (χ1n) is 5.34. The number of nitrogens with two attached hydrogens (primary N) is 1. The van der Waals surface area contributed by atoms with Gasteiger partial charge < -0.3 is 11.1 Å². The minimum atomic E-state index is -0.586. The number of nitrogens with zero attached hydrogens (tertiary/aromatic N) is 1. The average Bonchev–Trinajstić information content (AvgIpc) is 2.33. The Kier molecular flexibility index (Phi) is 3.96. The molecule has 20 heavy (non-hydrogen) atoms. The second-order valence-electron chi connectivity index (χ2n) is 3.90. The van der Waals surface area contributed by atoms with Crippen LogP contribution in [0.3, 0.4) is 0 Å². The van der Waals surface area contributed by atoms with E-state index in [4.69, 9.17) is 28.9 Å². The van der Waals surface area contributed by atoms with E-state index in [1.165, 1.54) is 18.2 Å². The number of benzene rings is 2. The Labute approximate surface area is 123 Å². The third kappa shape index (κ3) is 2.92. The number of halogens is 3. The lowest BCUT2D eigenvalue weighted by atomic mass is 10.2. The van der Waals surface area contributed by atoms with Crippen molar-refractivity contribution in [1.29, 1.82) is 0 Å². The molecule has 3 N–H and O–H groups in total. The van der Waals surface area contributed by atoms with E-state index in [0.29, 0.717) is 11.4 Å². The number of nitrogens with one attached hydrogen (secondary N) is 1. The molecule has 0 radical (unpaired) electrons. The molecular weight excluding hydrogens is 308 g/mol. The Hall–Kier alpha value is -2.05. The van der Waals surface area contributed by atoms with Crippen LogP contribution in [0.1, 0.15) is 0 Å². The molecule has 2 rings (SSSR count). The molecule has 0 fully saturated rings. The zero-order valence-corrected chi connectivity index (χ0v) is 11.4. The van der Waals surface area contributed by atoms with E-state index in [0.717, 1.165) is 12.1 Å². The van der Waals surface area contributed by atoms with Crippen LogP contribution in [0.4, 0.5) is 27.1 Å². The van der Waals surface area contributed by atoms with Crippen LogP contribution < -0.4 is 11.1 Å². The molecule has 0 atom stereocenters. The molecule has 0 saturated carbocycles. The fraction of sp³-hybridized carbons (Fsp3) is 0. The van der Waals surface area contributed by atoms with Crippen molar-refractivity contribution < 1.29 is 9.31 Å². The molecule has 0 amide bonds. The molecule has 5 nitrogen and oxygen atoms in total. The number of nitro groups is 1. The van der Waals surface area contributed by atoms with Crippen LogP contribution in [-0.2, 0) is 0 Å². The third-order valence-corrected chi connectivity index (χ3v) is 3.10. The summed E-state index contributed by atoms with van der Waals surface area (Å²) in [6.07, 6.45) is 0. The van der Waals surface area contributed by atoms with Crippen molar-refractivity contribution in [3.8, 4) is 0 Å². The van der Waals surface area contributed by atoms with Gasteiger partial charge in [-0.25, -0.2) is 4.39 Å². The van der Waals surface area contributed by atoms with E-state index < -0.39 is 10.7 Å². The summed E-state index contributed by atoms with van der Waals surface area (Å²) in [5, 5.41) is 13.7. The first-order chi connectivity index (χ1) is 9.38. The molecule has 0 spiro atoms. The van der Waals surface area contributed by atoms with E-state index in [-0.39, 0.29) is 21.4 Å². The minimum Gasteiger partial charge on any atom is -0.393 e. The van der Waals surface area contributed by atoms with E-state index in [9.17, 15) is 14.5 Å². The van der Waals surface area contributed by atoms with E-state index in [2.05, 4.69) is 5.32 Å². The van der Waals surface area contributed by atoms with E-state index in [1.807, 2.05) is 0 Å². The molecule has 0 unspecified atom stereocenters. The van der Waals surface area contributed by atoms with Gasteiger partial charge in [0, 0.05) is 11.8 Å². The Balaban J connectivity index is 2.36. The molecule has 0 heterocycles. The van der Waals surface area contributed by atoms with Gasteiger partial charge in [0.1, 0.15) is 11.5 Å². The molecule has 0 aliphatic rings. The summed E-state index contributed by atoms with van der Waals surface area (Å²) in [4.78, 5) is 10.1. The maximum Gasteiger partial charge on any atom is 0.292 e. The van der Waals surface area contributed by atoms with Crippen LogP contribution >= 0.6 is 23.2 Å². The largest absolute Gasteiger partial charge is 0.393 e. The highest BCUT2D eigenvalue weighted by Crippen LogP contribution is 2.35. The Morgan fingerprint density at radius 2 is 1.80 bits per heavy atom. The fourth-order valence-electron chi connectivity index (χ4n) is 1.60. The Morgan fingerprint density at radius 1 is 1.20 bits per heavy atom. The van der Waals surface area contributed by atoms with Crippen molar-refractivity contribution in [2.75, 3.05) is 11.1 Å². The van der Waals surface area contributed by atoms with Gasteiger partial charge in [0.15, 0.2) is 0 Å². The molecule has 2 aromatic carbocycles. The van der Waals surface area contributed by atoms with Crippen LogP contribution in [0.2, 0.25) is 10.0 Å². The predicted molar refractivity (Wildman–Crippen MR) is 77.2 cm³/mol. The number of nitrogen functional groups attached to an aromatic ring is 1. The lowest BCUT2D eigenvalue weighted by molar-refractivity contribution is -0.383. The summed E-state index contributed by atoms with van der Waals surface area (Å²) >= 11 is 11.8. The fourth-order valence-corrected chi connectivity index (χ4v) is 2.16. The van der Waals surface area contributed by atoms with Crippen molar-refractivity contribution in [1.82, 2.24) is 0 Å². The third-order valence-electron chi connectivity index (χ3n) is 2.50. The van der Waals surface area contributed by atoms with E-state index >= 15 is 0 Å². The summed E-state index contributed by atoms with van der Waals surface area (Å²) in [6.45, 7) is 0. The normalized spacial score (nSPS) is 10.3. The summed E-state index contributed by atoms with van der Waals surface area (Å²) in [6, 6.07) is 6.27. The maximum absolute atomic E-state index is 13.1. The van der Waals surface area contributed by atoms with Crippen molar-refractivity contribution in [2.24, 2.45) is 0 Å². The molecular formula is C12H8Cl2FN3O2. The molecule has 0 bridgehead atoms. The zero-order chi connectivity index (χ0) is 14.9. The molecule has 0 aromatic heterocycles. The second-order valence-corrected chi connectivity index (χ2v) is 4.71. The quantitative estimate of drug-likeness (QED) is 0.500. The summed E-state index contributed by atoms with van der Waals surface area (Å²) in [7, 11) is 0. The molecule has 104 valence electrons. The SMILES string of the molecule is Nc1cc(Nc2c(Cl)cc(F)cc2Cl)ccc1[N+](=O)[O-]. The van der Waals surface area contributed by atoms with Crippen LogP contribution in [0.25, 0.3) is 0 Å². The van der Waals surface area contributed by atoms with Gasteiger partial charge in [0.25, 0.3) is 5.69 Å². The van der Waals surface area contributed by atoms with Crippen LogP contribution in [0, 0.1) is 15.9 Å². The van der Waals surface area contributed by atoms with Crippen molar-refractivity contribution >= 4 is 46.0 Å². The predicted octanol–water partition coefficient (Wildman–Crippen LogP) is 4.37. The highest BCUT2D eigenvalue weighted by atomic mass is 35.5. The molecule has 8 heteroatoms. The first kappa shape index (κ1) is 14.4. The number of hydrogen-bond donors (Lipinski definition) is 2. The topological polar surface area (TPSA) is 81.2 Å². The number of hydrogen-bond acceptors (Lipinski definition) is 4. The maximum atomic E-state index is 13.1. The summed E-state index contributed by atoms with van der Waals surface area (Å²) < 4.78 is 13.1. The second kappa shape index (κ2) is 5.52. The van der Waals surface area contributed by atoms with Gasteiger partial charge in [-0.2, -0.15) is 0 Å². The smallest absolute Gasteiger partial charge is 0.292 e. The Bertz CT molecular complexity index is 671. The van der Waals surface area contributed by atoms with E-state index in [1.54, 1.807) is 0 Å². The molecule has 0 aliphatic heterocycles. The van der Waals surface area contributed by atoms with Gasteiger partial charge in [-0.1, -0.05) is 23.2 Å². The monoisotopic (exact) mass is 315 g/mol. The summed E-state index contributed by atoms with van der Waals surface area (Å²) in [5.74, 6) is -0.561. The van der Waals surface area contributed by atoms with Gasteiger partial charge in [-0.3, -0.25) is 10.1 Å². The van der Waals surface area contributed by atoms with Crippen LogP contribution in [0.5, 0.6) is 0 Å². The zero-order valence-electron chi connectivity index (χ0n) is 9.86. The number of rotatable bonds is 3. The van der Waals surface area contributed by atoms with Crippen LogP contribution in [0.15, 0.2) is 30.3 Å². The van der Waals surface area contributed by atoms with Gasteiger partial charge in [-0.15, -0.1) is 0 Å². The lowest BCUT2D eigenvalue weighted by Crippen LogP contribution is -1.98. The standard InChI is InChI=1S/C12H8Cl2FN3O2/c13-8-3-6(15)4-9(14)12(8)17-7-1-2-11(18(19)20)10(16)5-7/h1-5,17H,16H2.